The van der Waals surface area contributed by atoms with Gasteiger partial charge in [-0.2, -0.15) is 5.26 Å². The van der Waals surface area contributed by atoms with Crippen LogP contribution in [0.3, 0.4) is 0 Å². The lowest BCUT2D eigenvalue weighted by molar-refractivity contribution is 0.0692. The third kappa shape index (κ3) is 2.72. The number of aromatic carboxylic acids is 1. The molecule has 1 aromatic carbocycles. The molecule has 0 atom stereocenters. The molecule has 0 bridgehead atoms. The number of benzene rings is 1. The van der Waals surface area contributed by atoms with Gasteiger partial charge in [0.2, 0.25) is 0 Å². The topological polar surface area (TPSA) is 86.0 Å². The number of carbonyl (C=O) groups is 1. The maximum absolute atomic E-state index is 13.6. The summed E-state index contributed by atoms with van der Waals surface area (Å²) in [7, 11) is 0. The number of nitrogens with one attached hydrogen (secondary N) is 1. The smallest absolute Gasteiger partial charge is 0.338 e. The van der Waals surface area contributed by atoms with Crippen LogP contribution in [0.5, 0.6) is 0 Å². The fourth-order valence-electron chi connectivity index (χ4n) is 1.65. The fraction of sp³-hybridized carbons (Fsp3) is 0.0714. The Kier molecular flexibility index (Phi) is 3.62. The zero-order valence-electron chi connectivity index (χ0n) is 10.5. The van der Waals surface area contributed by atoms with E-state index in [-0.39, 0.29) is 0 Å². The predicted molar refractivity (Wildman–Crippen MR) is 70.3 cm³/mol. The Morgan fingerprint density at radius 2 is 2.15 bits per heavy atom. The zero-order valence-corrected chi connectivity index (χ0v) is 10.5. The van der Waals surface area contributed by atoms with Crippen LogP contribution in [0.4, 0.5) is 15.9 Å². The highest BCUT2D eigenvalue weighted by atomic mass is 19.1. The number of aryl methyl sites for hydroxylation is 1. The SMILES string of the molecule is Cc1ccc(C#N)c(Nc2ccc(C(=O)O)c(F)c2)n1. The molecule has 0 saturated heterocycles. The third-order valence-electron chi connectivity index (χ3n) is 2.62. The summed E-state index contributed by atoms with van der Waals surface area (Å²) in [4.78, 5) is 14.9. The number of carboxylic acid groups (broad SMARTS) is 1. The van der Waals surface area contributed by atoms with Gasteiger partial charge >= 0.3 is 5.97 Å². The monoisotopic (exact) mass is 271 g/mol. The second-order valence-corrected chi connectivity index (χ2v) is 4.09. The first-order valence-electron chi connectivity index (χ1n) is 5.69. The molecule has 1 aromatic heterocycles. The minimum Gasteiger partial charge on any atom is -0.478 e. The van der Waals surface area contributed by atoms with Gasteiger partial charge in [0.05, 0.1) is 11.1 Å². The van der Waals surface area contributed by atoms with Crippen LogP contribution in [0, 0.1) is 24.1 Å². The molecule has 0 radical (unpaired) electrons. The first-order chi connectivity index (χ1) is 9.51. The van der Waals surface area contributed by atoms with Crippen molar-refractivity contribution in [3.8, 4) is 6.07 Å². The molecule has 1 heterocycles. The number of nitrogens with zero attached hydrogens (tertiary/aromatic N) is 2. The average Bonchev–Trinajstić information content (AvgIpc) is 2.38. The molecule has 20 heavy (non-hydrogen) atoms. The number of hydrogen-bond acceptors (Lipinski definition) is 4. The number of halogens is 1. The Hall–Kier alpha value is -2.94. The van der Waals surface area contributed by atoms with Crippen LogP contribution in [-0.2, 0) is 0 Å². The second-order valence-electron chi connectivity index (χ2n) is 4.09. The lowest BCUT2D eigenvalue weighted by atomic mass is 10.2. The molecule has 5 nitrogen and oxygen atoms in total. The van der Waals surface area contributed by atoms with Gasteiger partial charge in [0.1, 0.15) is 17.7 Å². The van der Waals surface area contributed by atoms with Gasteiger partial charge in [-0.1, -0.05) is 0 Å². The highest BCUT2D eigenvalue weighted by molar-refractivity contribution is 5.88. The van der Waals surface area contributed by atoms with E-state index in [0.717, 1.165) is 12.1 Å². The van der Waals surface area contributed by atoms with E-state index in [2.05, 4.69) is 10.3 Å². The molecule has 6 heteroatoms. The second kappa shape index (κ2) is 5.36. The third-order valence-corrected chi connectivity index (χ3v) is 2.62. The largest absolute Gasteiger partial charge is 0.478 e. The van der Waals surface area contributed by atoms with E-state index < -0.39 is 17.3 Å². The molecular formula is C14H10FN3O2. The Morgan fingerprint density at radius 3 is 2.75 bits per heavy atom. The van der Waals surface area contributed by atoms with Crippen LogP contribution in [0.25, 0.3) is 0 Å². The molecule has 0 spiro atoms. The van der Waals surface area contributed by atoms with E-state index in [1.807, 2.05) is 6.07 Å². The van der Waals surface area contributed by atoms with Crippen LogP contribution in [0.2, 0.25) is 0 Å². The van der Waals surface area contributed by atoms with Gasteiger partial charge in [0.15, 0.2) is 0 Å². The molecule has 0 amide bonds. The van der Waals surface area contributed by atoms with Crippen LogP contribution >= 0.6 is 0 Å². The quantitative estimate of drug-likeness (QED) is 0.896. The molecule has 0 fully saturated rings. The fourth-order valence-corrected chi connectivity index (χ4v) is 1.65. The summed E-state index contributed by atoms with van der Waals surface area (Å²) in [5, 5.41) is 20.5. The van der Waals surface area contributed by atoms with Crippen molar-refractivity contribution >= 4 is 17.5 Å². The van der Waals surface area contributed by atoms with Crippen molar-refractivity contribution in [2.45, 2.75) is 6.92 Å². The highest BCUT2D eigenvalue weighted by Crippen LogP contribution is 2.21. The molecule has 2 rings (SSSR count). The zero-order chi connectivity index (χ0) is 14.7. The summed E-state index contributed by atoms with van der Waals surface area (Å²) in [6.45, 7) is 1.76. The number of hydrogen-bond donors (Lipinski definition) is 2. The molecule has 2 aromatic rings. The Morgan fingerprint density at radius 1 is 1.40 bits per heavy atom. The Balaban J connectivity index is 2.36. The molecule has 2 N–H and O–H groups in total. The molecule has 0 unspecified atom stereocenters. The van der Waals surface area contributed by atoms with Crippen LogP contribution in [0.1, 0.15) is 21.6 Å². The number of carboxylic acids is 1. The van der Waals surface area contributed by atoms with Crippen molar-refractivity contribution in [3.63, 3.8) is 0 Å². The number of rotatable bonds is 3. The maximum atomic E-state index is 13.6. The van der Waals surface area contributed by atoms with Crippen molar-refractivity contribution in [1.29, 1.82) is 5.26 Å². The van der Waals surface area contributed by atoms with Gasteiger partial charge in [-0.3, -0.25) is 0 Å². The molecule has 0 aliphatic rings. The summed E-state index contributed by atoms with van der Waals surface area (Å²) < 4.78 is 13.6. The number of pyridine rings is 1. The molecular weight excluding hydrogens is 261 g/mol. The minimum atomic E-state index is -1.33. The van der Waals surface area contributed by atoms with Gasteiger partial charge in [-0.15, -0.1) is 0 Å². The van der Waals surface area contributed by atoms with E-state index in [1.165, 1.54) is 6.07 Å². The lowest BCUT2D eigenvalue weighted by Gasteiger charge is -2.09. The number of anilines is 2. The first-order valence-corrected chi connectivity index (χ1v) is 5.69. The molecule has 0 aliphatic heterocycles. The Labute approximate surface area is 114 Å². The summed E-state index contributed by atoms with van der Waals surface area (Å²) in [6.07, 6.45) is 0. The van der Waals surface area contributed by atoms with Crippen molar-refractivity contribution in [1.82, 2.24) is 4.98 Å². The summed E-state index contributed by atoms with van der Waals surface area (Å²) in [5.41, 5.74) is 0.933. The number of aromatic nitrogens is 1. The van der Waals surface area contributed by atoms with E-state index >= 15 is 0 Å². The molecule has 0 saturated carbocycles. The highest BCUT2D eigenvalue weighted by Gasteiger charge is 2.11. The van der Waals surface area contributed by atoms with Gasteiger partial charge in [-0.25, -0.2) is 14.2 Å². The lowest BCUT2D eigenvalue weighted by Crippen LogP contribution is -2.03. The minimum absolute atomic E-state index is 0.301. The van der Waals surface area contributed by atoms with Crippen LogP contribution in [0.15, 0.2) is 30.3 Å². The van der Waals surface area contributed by atoms with Gasteiger partial charge < -0.3 is 10.4 Å². The summed E-state index contributed by atoms with van der Waals surface area (Å²) in [6, 6.07) is 8.89. The van der Waals surface area contributed by atoms with E-state index in [4.69, 9.17) is 10.4 Å². The normalized spacial score (nSPS) is 9.85. The van der Waals surface area contributed by atoms with Crippen LogP contribution < -0.4 is 5.32 Å². The van der Waals surface area contributed by atoms with Crippen molar-refractivity contribution in [2.24, 2.45) is 0 Å². The van der Waals surface area contributed by atoms with Gasteiger partial charge in [0.25, 0.3) is 0 Å². The predicted octanol–water partition coefficient (Wildman–Crippen LogP) is 2.84. The van der Waals surface area contributed by atoms with E-state index in [0.29, 0.717) is 22.8 Å². The standard InChI is InChI=1S/C14H10FN3O2/c1-8-2-3-9(7-16)13(17-8)18-10-4-5-11(14(19)20)12(15)6-10/h2-6H,1H3,(H,17,18)(H,19,20). The molecule has 0 aliphatic carbocycles. The van der Waals surface area contributed by atoms with Gasteiger partial charge in [0, 0.05) is 11.4 Å². The van der Waals surface area contributed by atoms with Gasteiger partial charge in [-0.05, 0) is 37.3 Å². The average molecular weight is 271 g/mol. The van der Waals surface area contributed by atoms with Crippen molar-refractivity contribution in [2.75, 3.05) is 5.32 Å². The van der Waals surface area contributed by atoms with Crippen molar-refractivity contribution < 1.29 is 14.3 Å². The van der Waals surface area contributed by atoms with E-state index in [1.54, 1.807) is 19.1 Å². The Bertz CT molecular complexity index is 723. The first kappa shape index (κ1) is 13.5. The maximum Gasteiger partial charge on any atom is 0.338 e. The van der Waals surface area contributed by atoms with Crippen LogP contribution in [-0.4, -0.2) is 16.1 Å². The van der Waals surface area contributed by atoms with E-state index in [9.17, 15) is 9.18 Å². The van der Waals surface area contributed by atoms with Crippen molar-refractivity contribution in [3.05, 3.63) is 53.0 Å². The summed E-state index contributed by atoms with van der Waals surface area (Å²) in [5.74, 6) is -1.89. The molecule has 100 valence electrons. The summed E-state index contributed by atoms with van der Waals surface area (Å²) >= 11 is 0. The number of nitriles is 1.